The lowest BCUT2D eigenvalue weighted by Crippen LogP contribution is -2.39. The highest BCUT2D eigenvalue weighted by Gasteiger charge is 2.33. The van der Waals surface area contributed by atoms with Gasteiger partial charge < -0.3 is 10.6 Å². The maximum absolute atomic E-state index is 7.65. The Morgan fingerprint density at radius 2 is 2.18 bits per heavy atom. The molecule has 0 amide bonds. The van der Waals surface area contributed by atoms with Crippen LogP contribution in [0.1, 0.15) is 32.3 Å². The summed E-state index contributed by atoms with van der Waals surface area (Å²) in [6.45, 7) is 5.42. The van der Waals surface area contributed by atoms with Crippen LogP contribution in [0.5, 0.6) is 0 Å². The lowest BCUT2D eigenvalue weighted by molar-refractivity contribution is 0.518. The van der Waals surface area contributed by atoms with E-state index in [-0.39, 0.29) is 11.4 Å². The van der Waals surface area contributed by atoms with Gasteiger partial charge in [-0.3, -0.25) is 5.41 Å². The first-order valence-corrected chi connectivity index (χ1v) is 6.21. The summed E-state index contributed by atoms with van der Waals surface area (Å²) >= 11 is 6.06. The maximum Gasteiger partial charge on any atom is 0.124 e. The topological polar surface area (TPSA) is 53.1 Å². The Morgan fingerprint density at radius 3 is 2.71 bits per heavy atom. The van der Waals surface area contributed by atoms with E-state index in [4.69, 9.17) is 22.7 Å². The number of benzene rings is 1. The Hall–Kier alpha value is -1.22. The summed E-state index contributed by atoms with van der Waals surface area (Å²) in [5, 5.41) is 8.34. The van der Waals surface area contributed by atoms with E-state index in [2.05, 4.69) is 18.7 Å². The van der Waals surface area contributed by atoms with E-state index in [9.17, 15) is 0 Å². The van der Waals surface area contributed by atoms with E-state index in [1.165, 1.54) is 0 Å². The number of nitrogen functional groups attached to an aromatic ring is 1. The second-order valence-corrected chi connectivity index (χ2v) is 5.58. The Balaban J connectivity index is 2.50. The van der Waals surface area contributed by atoms with Crippen molar-refractivity contribution in [2.24, 2.45) is 5.73 Å². The van der Waals surface area contributed by atoms with Crippen molar-refractivity contribution in [3.8, 4) is 0 Å². The molecule has 3 nitrogen and oxygen atoms in total. The van der Waals surface area contributed by atoms with Gasteiger partial charge in [0, 0.05) is 28.4 Å². The van der Waals surface area contributed by atoms with Crippen molar-refractivity contribution >= 4 is 23.1 Å². The van der Waals surface area contributed by atoms with Crippen LogP contribution in [0.4, 0.5) is 5.69 Å². The minimum absolute atomic E-state index is 0.0966. The fourth-order valence-corrected chi connectivity index (χ4v) is 2.68. The van der Waals surface area contributed by atoms with Crippen LogP contribution in [0.25, 0.3) is 0 Å². The predicted molar refractivity (Wildman–Crippen MR) is 73.1 cm³/mol. The number of nitrogens with two attached hydrogens (primary N) is 1. The fraction of sp³-hybridized carbons (Fsp3) is 0.462. The zero-order valence-corrected chi connectivity index (χ0v) is 11.0. The van der Waals surface area contributed by atoms with E-state index < -0.39 is 0 Å². The number of hydrogen-bond acceptors (Lipinski definition) is 2. The molecule has 0 aliphatic carbocycles. The summed E-state index contributed by atoms with van der Waals surface area (Å²) in [7, 11) is 0. The van der Waals surface area contributed by atoms with E-state index in [1.807, 2.05) is 12.1 Å². The highest BCUT2D eigenvalue weighted by molar-refractivity contribution is 6.31. The summed E-state index contributed by atoms with van der Waals surface area (Å²) in [4.78, 5) is 2.30. The molecule has 4 heteroatoms. The molecule has 1 fully saturated rings. The number of nitrogens with zero attached hydrogens (tertiary/aromatic N) is 1. The summed E-state index contributed by atoms with van der Waals surface area (Å²) < 4.78 is 0. The number of nitrogens with one attached hydrogen (secondary N) is 1. The Labute approximate surface area is 107 Å². The minimum atomic E-state index is 0.0966. The van der Waals surface area contributed by atoms with Gasteiger partial charge in [-0.25, -0.2) is 0 Å². The smallest absolute Gasteiger partial charge is 0.124 e. The molecule has 1 aliphatic rings. The van der Waals surface area contributed by atoms with Gasteiger partial charge in [0.25, 0.3) is 0 Å². The summed E-state index contributed by atoms with van der Waals surface area (Å²) in [5.74, 6) is 0.0966. The molecule has 1 aliphatic heterocycles. The third-order valence-corrected chi connectivity index (χ3v) is 3.68. The van der Waals surface area contributed by atoms with Crippen molar-refractivity contribution in [3.63, 3.8) is 0 Å². The van der Waals surface area contributed by atoms with Crippen LogP contribution in [0.3, 0.4) is 0 Å². The van der Waals surface area contributed by atoms with Crippen molar-refractivity contribution < 1.29 is 0 Å². The number of hydrogen-bond donors (Lipinski definition) is 2. The highest BCUT2D eigenvalue weighted by Crippen LogP contribution is 2.36. The first-order chi connectivity index (χ1) is 7.92. The molecule has 0 radical (unpaired) electrons. The molecule has 1 aromatic carbocycles. The summed E-state index contributed by atoms with van der Waals surface area (Å²) in [6, 6.07) is 5.52. The molecule has 1 heterocycles. The van der Waals surface area contributed by atoms with Crippen LogP contribution < -0.4 is 10.6 Å². The van der Waals surface area contributed by atoms with E-state index in [0.717, 1.165) is 30.6 Å². The van der Waals surface area contributed by atoms with E-state index >= 15 is 0 Å². The van der Waals surface area contributed by atoms with Crippen LogP contribution in [0.2, 0.25) is 5.02 Å². The molecule has 0 aromatic heterocycles. The van der Waals surface area contributed by atoms with Crippen LogP contribution in [0.15, 0.2) is 18.2 Å². The van der Waals surface area contributed by atoms with E-state index in [0.29, 0.717) is 5.02 Å². The zero-order chi connectivity index (χ0) is 12.6. The first-order valence-electron chi connectivity index (χ1n) is 5.83. The van der Waals surface area contributed by atoms with Crippen LogP contribution in [-0.2, 0) is 0 Å². The molecule has 2 rings (SSSR count). The Morgan fingerprint density at radius 1 is 1.47 bits per heavy atom. The number of rotatable bonds is 2. The van der Waals surface area contributed by atoms with Gasteiger partial charge in [-0.05, 0) is 44.9 Å². The molecule has 0 atom stereocenters. The molecule has 1 aromatic rings. The fourth-order valence-electron chi connectivity index (χ4n) is 2.51. The van der Waals surface area contributed by atoms with Crippen molar-refractivity contribution in [1.82, 2.24) is 0 Å². The molecule has 0 bridgehead atoms. The third kappa shape index (κ3) is 2.25. The number of amidine groups is 1. The van der Waals surface area contributed by atoms with Crippen LogP contribution in [-0.4, -0.2) is 17.9 Å². The van der Waals surface area contributed by atoms with Crippen molar-refractivity contribution in [2.45, 2.75) is 32.2 Å². The predicted octanol–water partition coefficient (Wildman–Crippen LogP) is 3.00. The van der Waals surface area contributed by atoms with Gasteiger partial charge in [0.1, 0.15) is 5.84 Å². The quantitative estimate of drug-likeness (QED) is 0.627. The van der Waals surface area contributed by atoms with Crippen molar-refractivity contribution in [3.05, 3.63) is 28.8 Å². The van der Waals surface area contributed by atoms with Gasteiger partial charge in [0.05, 0.1) is 0 Å². The largest absolute Gasteiger partial charge is 0.384 e. The standard InChI is InChI=1S/C13H18ClN3/c1-13(2)6-3-7-17(13)11-8-9(14)4-5-10(11)12(15)16/h4-5,8H,3,6-7H2,1-2H3,(H3,15,16). The Kier molecular flexibility index (Phi) is 3.04. The average Bonchev–Trinajstić information content (AvgIpc) is 2.57. The van der Waals surface area contributed by atoms with E-state index in [1.54, 1.807) is 6.07 Å². The zero-order valence-electron chi connectivity index (χ0n) is 10.3. The van der Waals surface area contributed by atoms with Gasteiger partial charge in [0.2, 0.25) is 0 Å². The molecule has 1 saturated heterocycles. The van der Waals surface area contributed by atoms with Crippen LogP contribution in [0, 0.1) is 5.41 Å². The minimum Gasteiger partial charge on any atom is -0.384 e. The number of anilines is 1. The summed E-state index contributed by atoms with van der Waals surface area (Å²) in [5.41, 5.74) is 7.49. The van der Waals surface area contributed by atoms with Crippen molar-refractivity contribution in [1.29, 1.82) is 5.41 Å². The van der Waals surface area contributed by atoms with Gasteiger partial charge in [-0.15, -0.1) is 0 Å². The lowest BCUT2D eigenvalue weighted by atomic mass is 10.0. The first kappa shape index (κ1) is 12.2. The lowest BCUT2D eigenvalue weighted by Gasteiger charge is -2.35. The maximum atomic E-state index is 7.65. The molecule has 0 saturated carbocycles. The second-order valence-electron chi connectivity index (χ2n) is 5.14. The normalized spacial score (nSPS) is 18.4. The monoisotopic (exact) mass is 251 g/mol. The molecule has 92 valence electrons. The van der Waals surface area contributed by atoms with Crippen LogP contribution >= 0.6 is 11.6 Å². The average molecular weight is 252 g/mol. The molecular weight excluding hydrogens is 234 g/mol. The SMILES string of the molecule is CC1(C)CCCN1c1cc(Cl)ccc1C(=N)N. The Bertz CT molecular complexity index is 454. The molecule has 0 spiro atoms. The molecule has 0 unspecified atom stereocenters. The van der Waals surface area contributed by atoms with Gasteiger partial charge in [-0.2, -0.15) is 0 Å². The van der Waals surface area contributed by atoms with Gasteiger partial charge >= 0.3 is 0 Å². The number of halogens is 1. The van der Waals surface area contributed by atoms with Crippen molar-refractivity contribution in [2.75, 3.05) is 11.4 Å². The third-order valence-electron chi connectivity index (χ3n) is 3.44. The molecular formula is C13H18ClN3. The summed E-state index contributed by atoms with van der Waals surface area (Å²) in [6.07, 6.45) is 2.31. The second kappa shape index (κ2) is 4.22. The highest BCUT2D eigenvalue weighted by atomic mass is 35.5. The molecule has 17 heavy (non-hydrogen) atoms. The molecule has 3 N–H and O–H groups in total. The van der Waals surface area contributed by atoms with Gasteiger partial charge in [0.15, 0.2) is 0 Å². The van der Waals surface area contributed by atoms with Gasteiger partial charge in [-0.1, -0.05) is 11.6 Å².